The minimum absolute atomic E-state index is 0.0507. The monoisotopic (exact) mass is 372 g/mol. The second-order valence-electron chi connectivity index (χ2n) is 5.93. The van der Waals surface area contributed by atoms with Gasteiger partial charge in [0.1, 0.15) is 5.69 Å². The van der Waals surface area contributed by atoms with E-state index in [1.54, 1.807) is 6.07 Å². The number of carboxylic acid groups (broad SMARTS) is 2. The molecule has 0 radical (unpaired) electrons. The quantitative estimate of drug-likeness (QED) is 0.692. The number of carbonyl (C=O) groups is 2. The average Bonchev–Trinajstić information content (AvgIpc) is 2.81. The molecule has 1 atom stereocenters. The number of hydrogen-bond donors (Lipinski definition) is 3. The van der Waals surface area contributed by atoms with Crippen molar-refractivity contribution >= 4 is 46.0 Å². The van der Waals surface area contributed by atoms with Crippen LogP contribution in [0.5, 0.6) is 0 Å². The van der Waals surface area contributed by atoms with Gasteiger partial charge in [-0.2, -0.15) is 0 Å². The number of rotatable bonds is 7. The van der Waals surface area contributed by atoms with Gasteiger partial charge in [0.25, 0.3) is 0 Å². The molecule has 2 aromatic rings. The van der Waals surface area contributed by atoms with Gasteiger partial charge in [-0.15, -0.1) is 0 Å². The largest absolute Gasteiger partial charge is 0.481 e. The van der Waals surface area contributed by atoms with E-state index in [9.17, 15) is 19.8 Å². The van der Waals surface area contributed by atoms with Crippen molar-refractivity contribution in [1.29, 1.82) is 0 Å². The van der Waals surface area contributed by atoms with Gasteiger partial charge in [0, 0.05) is 15.9 Å². The first-order valence-corrected chi connectivity index (χ1v) is 8.06. The summed E-state index contributed by atoms with van der Waals surface area (Å²) in [5.74, 6) is -2.84. The Morgan fingerprint density at radius 1 is 1.25 bits per heavy atom. The molecule has 0 amide bonds. The molecule has 0 saturated carbocycles. The molecule has 0 aliphatic rings. The van der Waals surface area contributed by atoms with E-state index in [-0.39, 0.29) is 12.1 Å². The van der Waals surface area contributed by atoms with E-state index in [4.69, 9.17) is 23.2 Å². The van der Waals surface area contributed by atoms with Crippen molar-refractivity contribution in [3.05, 3.63) is 33.4 Å². The van der Waals surface area contributed by atoms with Crippen molar-refractivity contribution < 1.29 is 19.8 Å². The predicted molar refractivity (Wildman–Crippen MR) is 93.3 cm³/mol. The van der Waals surface area contributed by atoms with Gasteiger partial charge in [0.05, 0.1) is 10.9 Å². The fourth-order valence-electron chi connectivity index (χ4n) is 2.67. The summed E-state index contributed by atoms with van der Waals surface area (Å²) in [7, 11) is 3.71. The van der Waals surface area contributed by atoms with Crippen LogP contribution in [0.25, 0.3) is 10.9 Å². The highest BCUT2D eigenvalue weighted by atomic mass is 35.5. The number of nitrogens with zero attached hydrogens (tertiary/aromatic N) is 1. The van der Waals surface area contributed by atoms with Crippen LogP contribution in [0.3, 0.4) is 0 Å². The molecule has 8 heteroatoms. The number of aromatic amines is 1. The Bertz CT molecular complexity index is 786. The highest BCUT2D eigenvalue weighted by Gasteiger charge is 2.26. The van der Waals surface area contributed by atoms with E-state index in [0.29, 0.717) is 39.5 Å². The summed E-state index contributed by atoms with van der Waals surface area (Å²) >= 11 is 12.2. The molecule has 0 saturated heterocycles. The summed E-state index contributed by atoms with van der Waals surface area (Å²) in [6, 6.07) is 3.10. The van der Waals surface area contributed by atoms with Gasteiger partial charge in [0.2, 0.25) is 0 Å². The Morgan fingerprint density at radius 3 is 2.46 bits per heavy atom. The predicted octanol–water partition coefficient (Wildman–Crippen LogP) is 3.37. The van der Waals surface area contributed by atoms with Gasteiger partial charge in [-0.3, -0.25) is 4.79 Å². The van der Waals surface area contributed by atoms with Crippen LogP contribution in [0.4, 0.5) is 0 Å². The van der Waals surface area contributed by atoms with Crippen LogP contribution in [-0.4, -0.2) is 52.7 Å². The van der Waals surface area contributed by atoms with Crippen LogP contribution in [0.15, 0.2) is 12.1 Å². The third kappa shape index (κ3) is 4.01. The number of fused-ring (bicyclic) bond motifs is 1. The van der Waals surface area contributed by atoms with Crippen LogP contribution in [-0.2, 0) is 11.2 Å². The molecule has 1 heterocycles. The molecule has 0 spiro atoms. The minimum Gasteiger partial charge on any atom is -0.481 e. The maximum absolute atomic E-state index is 11.6. The second-order valence-corrected chi connectivity index (χ2v) is 6.77. The lowest BCUT2D eigenvalue weighted by Gasteiger charge is -2.16. The molecule has 6 nitrogen and oxygen atoms in total. The summed E-state index contributed by atoms with van der Waals surface area (Å²) in [6.07, 6.45) is 0.478. The van der Waals surface area contributed by atoms with Crippen LogP contribution < -0.4 is 0 Å². The fourth-order valence-corrected chi connectivity index (χ4v) is 3.28. The van der Waals surface area contributed by atoms with Crippen LogP contribution >= 0.6 is 23.2 Å². The summed E-state index contributed by atoms with van der Waals surface area (Å²) in [5, 5.41) is 20.1. The van der Waals surface area contributed by atoms with E-state index in [1.165, 1.54) is 6.07 Å². The Hall–Kier alpha value is -1.76. The van der Waals surface area contributed by atoms with Gasteiger partial charge in [-0.1, -0.05) is 23.2 Å². The third-order valence-corrected chi connectivity index (χ3v) is 4.37. The van der Waals surface area contributed by atoms with Crippen LogP contribution in [0, 0.1) is 5.92 Å². The third-order valence-electron chi connectivity index (χ3n) is 3.86. The zero-order chi connectivity index (χ0) is 18.0. The van der Waals surface area contributed by atoms with E-state index in [2.05, 4.69) is 4.98 Å². The van der Waals surface area contributed by atoms with Gasteiger partial charge >= 0.3 is 11.9 Å². The smallest absolute Gasteiger partial charge is 0.352 e. The van der Waals surface area contributed by atoms with E-state index < -0.39 is 17.9 Å². The molecule has 24 heavy (non-hydrogen) atoms. The number of nitrogens with one attached hydrogen (secondary N) is 1. The van der Waals surface area contributed by atoms with E-state index >= 15 is 0 Å². The van der Waals surface area contributed by atoms with Gasteiger partial charge in [0.15, 0.2) is 0 Å². The van der Waals surface area contributed by atoms with Crippen molar-refractivity contribution in [1.82, 2.24) is 9.88 Å². The number of aliphatic carboxylic acids is 1. The summed E-state index contributed by atoms with van der Waals surface area (Å²) in [4.78, 5) is 27.8. The Labute approximate surface area is 149 Å². The van der Waals surface area contributed by atoms with Crippen molar-refractivity contribution in [3.8, 4) is 0 Å². The lowest BCUT2D eigenvalue weighted by atomic mass is 9.94. The number of halogens is 2. The van der Waals surface area contributed by atoms with Crippen LogP contribution in [0.2, 0.25) is 10.0 Å². The first-order chi connectivity index (χ1) is 11.2. The molecule has 3 N–H and O–H groups in total. The molecular weight excluding hydrogens is 355 g/mol. The molecule has 0 bridgehead atoms. The number of aromatic carboxylic acids is 1. The van der Waals surface area contributed by atoms with Crippen LogP contribution in [0.1, 0.15) is 22.5 Å². The average molecular weight is 373 g/mol. The zero-order valence-corrected chi connectivity index (χ0v) is 14.8. The van der Waals surface area contributed by atoms with Gasteiger partial charge in [-0.05, 0) is 51.2 Å². The molecule has 1 unspecified atom stereocenters. The second kappa shape index (κ2) is 7.42. The molecule has 130 valence electrons. The lowest BCUT2D eigenvalue weighted by molar-refractivity contribution is -0.142. The van der Waals surface area contributed by atoms with Crippen molar-refractivity contribution in [2.75, 3.05) is 20.6 Å². The molecule has 0 fully saturated rings. The maximum atomic E-state index is 11.6. The molecule has 1 aromatic carbocycles. The molecule has 1 aromatic heterocycles. The van der Waals surface area contributed by atoms with E-state index in [0.717, 1.165) is 0 Å². The lowest BCUT2D eigenvalue weighted by Crippen LogP contribution is -2.23. The number of H-pyrrole nitrogens is 1. The fraction of sp³-hybridized carbons (Fsp3) is 0.375. The summed E-state index contributed by atoms with van der Waals surface area (Å²) in [5.41, 5.74) is 0.826. The zero-order valence-electron chi connectivity index (χ0n) is 13.3. The molecular formula is C16H18Cl2N2O4. The summed E-state index contributed by atoms with van der Waals surface area (Å²) < 4.78 is 0. The Balaban J connectivity index is 2.50. The number of aromatic nitrogens is 1. The first kappa shape index (κ1) is 18.6. The van der Waals surface area contributed by atoms with Crippen molar-refractivity contribution in [2.24, 2.45) is 5.92 Å². The molecule has 0 aliphatic carbocycles. The van der Waals surface area contributed by atoms with Gasteiger partial charge in [-0.25, -0.2) is 4.79 Å². The topological polar surface area (TPSA) is 93.6 Å². The van der Waals surface area contributed by atoms with E-state index in [1.807, 2.05) is 19.0 Å². The number of carboxylic acids is 2. The Kier molecular flexibility index (Phi) is 5.74. The Morgan fingerprint density at radius 2 is 1.92 bits per heavy atom. The van der Waals surface area contributed by atoms with Crippen molar-refractivity contribution in [3.63, 3.8) is 0 Å². The highest BCUT2D eigenvalue weighted by Crippen LogP contribution is 2.34. The minimum atomic E-state index is -1.16. The normalized spacial score (nSPS) is 12.7. The SMILES string of the molecule is CN(C)CCC(Cc1c(C(=O)O)[nH]c2cc(Cl)cc(Cl)c12)C(=O)O. The molecule has 2 rings (SSSR count). The molecule has 0 aliphatic heterocycles. The summed E-state index contributed by atoms with van der Waals surface area (Å²) in [6.45, 7) is 0.585. The maximum Gasteiger partial charge on any atom is 0.352 e. The van der Waals surface area contributed by atoms with Crippen molar-refractivity contribution in [2.45, 2.75) is 12.8 Å². The first-order valence-electron chi connectivity index (χ1n) is 7.31. The van der Waals surface area contributed by atoms with Gasteiger partial charge < -0.3 is 20.1 Å². The standard InChI is InChI=1S/C16H18Cl2N2O4/c1-20(2)4-3-8(15(21)22)5-10-13-11(18)6-9(17)7-12(13)19-14(10)16(23)24/h6-8,19H,3-5H2,1-2H3,(H,21,22)(H,23,24). The number of hydrogen-bond acceptors (Lipinski definition) is 3. The number of benzene rings is 1. The highest BCUT2D eigenvalue weighted by molar-refractivity contribution is 6.39.